The van der Waals surface area contributed by atoms with Gasteiger partial charge in [-0.1, -0.05) is 12.1 Å². The van der Waals surface area contributed by atoms with E-state index in [1.54, 1.807) is 24.4 Å². The summed E-state index contributed by atoms with van der Waals surface area (Å²) in [6, 6.07) is 8.44. The molecule has 0 fully saturated rings. The van der Waals surface area contributed by atoms with E-state index in [-0.39, 0.29) is 5.82 Å². The Morgan fingerprint density at radius 3 is 2.62 bits per heavy atom. The van der Waals surface area contributed by atoms with E-state index in [0.717, 1.165) is 6.42 Å². The van der Waals surface area contributed by atoms with Crippen molar-refractivity contribution in [3.63, 3.8) is 0 Å². The van der Waals surface area contributed by atoms with Crippen LogP contribution in [0.1, 0.15) is 6.42 Å². The van der Waals surface area contributed by atoms with Gasteiger partial charge in [-0.2, -0.15) is 4.98 Å². The molecule has 2 N–H and O–H groups in total. The molecule has 2 rings (SSSR count). The summed E-state index contributed by atoms with van der Waals surface area (Å²) in [4.78, 5) is 12.3. The molecule has 0 radical (unpaired) electrons. The number of para-hydroxylation sites is 1. The first-order chi connectivity index (χ1) is 10.1. The number of aromatic nitrogens is 2. The van der Waals surface area contributed by atoms with Crippen LogP contribution in [-0.4, -0.2) is 37.2 Å². The van der Waals surface area contributed by atoms with E-state index in [1.807, 2.05) is 30.0 Å². The van der Waals surface area contributed by atoms with Crippen LogP contribution in [0, 0.1) is 5.82 Å². The Hall–Kier alpha value is -2.21. The van der Waals surface area contributed by atoms with Crippen molar-refractivity contribution in [3.05, 3.63) is 42.3 Å². The van der Waals surface area contributed by atoms with E-state index >= 15 is 0 Å². The molecule has 5 nitrogen and oxygen atoms in total. The Kier molecular flexibility index (Phi) is 5.05. The van der Waals surface area contributed by atoms with Crippen LogP contribution < -0.4 is 15.5 Å². The van der Waals surface area contributed by atoms with Gasteiger partial charge >= 0.3 is 0 Å². The Bertz CT molecular complexity index is 588. The maximum Gasteiger partial charge on any atom is 0.226 e. The summed E-state index contributed by atoms with van der Waals surface area (Å²) in [5.41, 5.74) is 6.08. The smallest absolute Gasteiger partial charge is 0.226 e. The van der Waals surface area contributed by atoms with E-state index < -0.39 is 0 Å². The monoisotopic (exact) mass is 289 g/mol. The standard InChI is InChI=1S/C15H20FN5/c1-20(2)15-18-10-8-14(19-15)21(11-5-9-17)13-7-4-3-6-12(13)16/h3-4,6-8,10H,5,9,11,17H2,1-2H3. The molecule has 2 aromatic rings. The number of anilines is 3. The van der Waals surface area contributed by atoms with Gasteiger partial charge in [0.2, 0.25) is 5.95 Å². The molecule has 0 unspecified atom stereocenters. The van der Waals surface area contributed by atoms with Crippen molar-refractivity contribution in [3.8, 4) is 0 Å². The van der Waals surface area contributed by atoms with E-state index in [2.05, 4.69) is 9.97 Å². The van der Waals surface area contributed by atoms with Crippen LogP contribution >= 0.6 is 0 Å². The Labute approximate surface area is 124 Å². The molecule has 0 amide bonds. The summed E-state index contributed by atoms with van der Waals surface area (Å²) in [7, 11) is 3.73. The van der Waals surface area contributed by atoms with Crippen LogP contribution in [0.2, 0.25) is 0 Å². The third-order valence-electron chi connectivity index (χ3n) is 3.03. The molecular weight excluding hydrogens is 269 g/mol. The number of benzene rings is 1. The Balaban J connectivity index is 2.40. The van der Waals surface area contributed by atoms with Crippen LogP contribution in [0.3, 0.4) is 0 Å². The fraction of sp³-hybridized carbons (Fsp3) is 0.333. The van der Waals surface area contributed by atoms with E-state index in [4.69, 9.17) is 5.73 Å². The second kappa shape index (κ2) is 6.99. The number of hydrogen-bond donors (Lipinski definition) is 1. The molecule has 0 aliphatic heterocycles. The summed E-state index contributed by atoms with van der Waals surface area (Å²) in [6.45, 7) is 1.14. The number of rotatable bonds is 6. The van der Waals surface area contributed by atoms with Crippen LogP contribution in [0.15, 0.2) is 36.5 Å². The molecule has 0 bridgehead atoms. The highest BCUT2D eigenvalue weighted by Gasteiger charge is 2.15. The minimum Gasteiger partial charge on any atom is -0.347 e. The van der Waals surface area contributed by atoms with Crippen molar-refractivity contribution in [1.29, 1.82) is 0 Å². The summed E-state index contributed by atoms with van der Waals surface area (Å²) in [5, 5.41) is 0. The second-order valence-corrected chi connectivity index (χ2v) is 4.85. The van der Waals surface area contributed by atoms with Crippen molar-refractivity contribution in [2.45, 2.75) is 6.42 Å². The molecule has 112 valence electrons. The van der Waals surface area contributed by atoms with Gasteiger partial charge in [-0.05, 0) is 31.2 Å². The fourth-order valence-corrected chi connectivity index (χ4v) is 1.98. The first-order valence-corrected chi connectivity index (χ1v) is 6.86. The predicted octanol–water partition coefficient (Wildman–Crippen LogP) is 2.17. The number of nitrogens with two attached hydrogens (primary N) is 1. The zero-order valence-electron chi connectivity index (χ0n) is 12.3. The highest BCUT2D eigenvalue weighted by Crippen LogP contribution is 2.27. The third-order valence-corrected chi connectivity index (χ3v) is 3.03. The number of hydrogen-bond acceptors (Lipinski definition) is 5. The molecule has 1 aromatic heterocycles. The van der Waals surface area contributed by atoms with Crippen LogP contribution in [0.4, 0.5) is 21.8 Å². The van der Waals surface area contributed by atoms with Crippen LogP contribution in [0.5, 0.6) is 0 Å². The molecule has 21 heavy (non-hydrogen) atoms. The van der Waals surface area contributed by atoms with Crippen LogP contribution in [0.25, 0.3) is 0 Å². The van der Waals surface area contributed by atoms with Gasteiger partial charge in [0.25, 0.3) is 0 Å². The lowest BCUT2D eigenvalue weighted by Crippen LogP contribution is -2.24. The third kappa shape index (κ3) is 3.66. The van der Waals surface area contributed by atoms with Crippen molar-refractivity contribution in [1.82, 2.24) is 9.97 Å². The van der Waals surface area contributed by atoms with Crippen molar-refractivity contribution < 1.29 is 4.39 Å². The average molecular weight is 289 g/mol. The molecule has 0 saturated heterocycles. The molecule has 0 aliphatic carbocycles. The fourth-order valence-electron chi connectivity index (χ4n) is 1.98. The zero-order chi connectivity index (χ0) is 15.2. The first kappa shape index (κ1) is 15.2. The van der Waals surface area contributed by atoms with Gasteiger partial charge in [0, 0.05) is 26.8 Å². The van der Waals surface area contributed by atoms with Gasteiger partial charge in [-0.3, -0.25) is 0 Å². The molecular formula is C15H20FN5. The Morgan fingerprint density at radius 1 is 1.19 bits per heavy atom. The van der Waals surface area contributed by atoms with Gasteiger partial charge in [-0.25, -0.2) is 9.37 Å². The molecule has 0 spiro atoms. The van der Waals surface area contributed by atoms with Gasteiger partial charge in [0.15, 0.2) is 0 Å². The Morgan fingerprint density at radius 2 is 1.95 bits per heavy atom. The van der Waals surface area contributed by atoms with E-state index in [9.17, 15) is 4.39 Å². The molecule has 1 aromatic carbocycles. The molecule has 0 aliphatic rings. The number of halogens is 1. The molecule has 6 heteroatoms. The lowest BCUT2D eigenvalue weighted by atomic mass is 10.2. The second-order valence-electron chi connectivity index (χ2n) is 4.85. The van der Waals surface area contributed by atoms with Crippen LogP contribution in [-0.2, 0) is 0 Å². The predicted molar refractivity (Wildman–Crippen MR) is 83.4 cm³/mol. The normalized spacial score (nSPS) is 10.5. The highest BCUT2D eigenvalue weighted by atomic mass is 19.1. The quantitative estimate of drug-likeness (QED) is 0.883. The lowest BCUT2D eigenvalue weighted by Gasteiger charge is -2.25. The van der Waals surface area contributed by atoms with E-state index in [1.165, 1.54) is 6.07 Å². The summed E-state index contributed by atoms with van der Waals surface area (Å²) in [6.07, 6.45) is 2.42. The minimum atomic E-state index is -0.278. The van der Waals surface area contributed by atoms with Gasteiger partial charge in [0.05, 0.1) is 5.69 Å². The summed E-state index contributed by atoms with van der Waals surface area (Å²) < 4.78 is 14.1. The number of nitrogens with zero attached hydrogens (tertiary/aromatic N) is 4. The van der Waals surface area contributed by atoms with Crippen molar-refractivity contribution >= 4 is 17.5 Å². The topological polar surface area (TPSA) is 58.3 Å². The summed E-state index contributed by atoms with van der Waals surface area (Å²) in [5.74, 6) is 0.966. The van der Waals surface area contributed by atoms with Gasteiger partial charge in [0.1, 0.15) is 11.6 Å². The molecule has 0 atom stereocenters. The zero-order valence-corrected chi connectivity index (χ0v) is 12.3. The summed E-state index contributed by atoms with van der Waals surface area (Å²) >= 11 is 0. The van der Waals surface area contributed by atoms with E-state index in [0.29, 0.717) is 30.5 Å². The van der Waals surface area contributed by atoms with Crippen molar-refractivity contribution in [2.24, 2.45) is 5.73 Å². The van der Waals surface area contributed by atoms with Gasteiger partial charge in [-0.15, -0.1) is 0 Å². The average Bonchev–Trinajstić information content (AvgIpc) is 2.49. The maximum absolute atomic E-state index is 14.1. The molecule has 1 heterocycles. The SMILES string of the molecule is CN(C)c1nccc(N(CCCN)c2ccccc2F)n1. The first-order valence-electron chi connectivity index (χ1n) is 6.86. The largest absolute Gasteiger partial charge is 0.347 e. The maximum atomic E-state index is 14.1. The van der Waals surface area contributed by atoms with Gasteiger partial charge < -0.3 is 15.5 Å². The highest BCUT2D eigenvalue weighted by molar-refractivity contribution is 5.61. The van der Waals surface area contributed by atoms with Crippen molar-refractivity contribution in [2.75, 3.05) is 37.0 Å². The molecule has 0 saturated carbocycles. The minimum absolute atomic E-state index is 0.278. The lowest BCUT2D eigenvalue weighted by molar-refractivity contribution is 0.622.